The number of allylic oxidation sites excluding steroid dienone is 5. The highest BCUT2D eigenvalue weighted by molar-refractivity contribution is 5.89. The summed E-state index contributed by atoms with van der Waals surface area (Å²) in [7, 11) is 1.89. The number of anilines is 1. The van der Waals surface area contributed by atoms with Gasteiger partial charge in [-0.3, -0.25) is 4.98 Å². The minimum atomic E-state index is 0.520. The third-order valence-electron chi connectivity index (χ3n) is 7.55. The maximum Gasteiger partial charge on any atom is 0.178 e. The standard InChI is InChI=1S/C33H37N7.C2H2/c1-5-23(18-28(6-2)38-22(3)24-11-8-7-9-12-24)27-17-26(32(34-4)37-21-27)19-30-39-31-29(14-16-36-33(31)40-30)25-13-10-15-35-20-25;1-2/h5-6,10,13-18,20-21,24,38H,2-3,7-9,11-12,19H2,1,4H3,(H,34,37)(H,36,39,40);1-2H/b23-5+,28-18+;. The van der Waals surface area contributed by atoms with E-state index in [-0.39, 0.29) is 0 Å². The van der Waals surface area contributed by atoms with E-state index in [1.807, 2.05) is 50.6 Å². The molecule has 0 saturated heterocycles. The van der Waals surface area contributed by atoms with Crippen molar-refractivity contribution in [2.75, 3.05) is 12.4 Å². The van der Waals surface area contributed by atoms with E-state index in [9.17, 15) is 0 Å². The molecular formula is C35H39N7. The van der Waals surface area contributed by atoms with Gasteiger partial charge in [-0.2, -0.15) is 0 Å². The Balaban J connectivity index is 0.00000198. The Morgan fingerprint density at radius 3 is 2.62 bits per heavy atom. The Hall–Kier alpha value is -4.96. The molecule has 7 nitrogen and oxygen atoms in total. The lowest BCUT2D eigenvalue weighted by Crippen LogP contribution is -2.20. The summed E-state index contributed by atoms with van der Waals surface area (Å²) >= 11 is 0. The molecule has 0 bridgehead atoms. The quantitative estimate of drug-likeness (QED) is 0.139. The van der Waals surface area contributed by atoms with Crippen LogP contribution in [-0.4, -0.2) is 32.0 Å². The van der Waals surface area contributed by atoms with Gasteiger partial charge in [-0.15, -0.1) is 12.8 Å². The van der Waals surface area contributed by atoms with E-state index in [0.29, 0.717) is 18.0 Å². The van der Waals surface area contributed by atoms with Crippen LogP contribution >= 0.6 is 0 Å². The second-order valence-corrected chi connectivity index (χ2v) is 10.2. The maximum absolute atomic E-state index is 4.80. The van der Waals surface area contributed by atoms with Gasteiger partial charge in [0.1, 0.15) is 11.6 Å². The summed E-state index contributed by atoms with van der Waals surface area (Å²) in [6.07, 6.45) is 28.2. The van der Waals surface area contributed by atoms with Crippen LogP contribution in [0.4, 0.5) is 5.82 Å². The number of imidazole rings is 1. The van der Waals surface area contributed by atoms with E-state index in [1.165, 1.54) is 32.1 Å². The lowest BCUT2D eigenvalue weighted by molar-refractivity contribution is 0.393. The molecule has 1 aliphatic carbocycles. The molecule has 0 aliphatic heterocycles. The molecule has 1 saturated carbocycles. The Morgan fingerprint density at radius 2 is 1.93 bits per heavy atom. The summed E-state index contributed by atoms with van der Waals surface area (Å²) in [6, 6.07) is 8.13. The highest BCUT2D eigenvalue weighted by Gasteiger charge is 2.17. The van der Waals surface area contributed by atoms with E-state index in [0.717, 1.165) is 56.4 Å². The number of hydrogen-bond donors (Lipinski definition) is 3. The second-order valence-electron chi connectivity index (χ2n) is 10.2. The van der Waals surface area contributed by atoms with Crippen LogP contribution in [0.1, 0.15) is 56.0 Å². The van der Waals surface area contributed by atoms with Crippen LogP contribution in [0, 0.1) is 18.8 Å². The van der Waals surface area contributed by atoms with Crippen molar-refractivity contribution in [2.45, 2.75) is 45.4 Å². The number of fused-ring (bicyclic) bond motifs is 1. The van der Waals surface area contributed by atoms with Gasteiger partial charge in [-0.05, 0) is 61.6 Å². The number of pyridine rings is 3. The fourth-order valence-corrected chi connectivity index (χ4v) is 5.40. The Labute approximate surface area is 249 Å². The summed E-state index contributed by atoms with van der Waals surface area (Å²) in [5.74, 6) is 2.16. The van der Waals surface area contributed by atoms with Gasteiger partial charge in [0.15, 0.2) is 5.65 Å². The number of nitrogens with one attached hydrogen (secondary N) is 3. The number of aromatic amines is 1. The number of rotatable bonds is 10. The molecule has 3 N–H and O–H groups in total. The van der Waals surface area contributed by atoms with Crippen molar-refractivity contribution >= 4 is 22.6 Å². The third kappa shape index (κ3) is 7.02. The van der Waals surface area contributed by atoms with Crippen molar-refractivity contribution in [3.8, 4) is 24.0 Å². The van der Waals surface area contributed by atoms with Gasteiger partial charge in [-0.1, -0.05) is 44.6 Å². The van der Waals surface area contributed by atoms with Crippen LogP contribution in [0.5, 0.6) is 0 Å². The van der Waals surface area contributed by atoms with E-state index >= 15 is 0 Å². The number of nitrogens with zero attached hydrogens (tertiary/aromatic N) is 4. The normalized spacial score (nSPS) is 14.1. The molecule has 214 valence electrons. The Morgan fingerprint density at radius 1 is 1.12 bits per heavy atom. The smallest absolute Gasteiger partial charge is 0.178 e. The third-order valence-corrected chi connectivity index (χ3v) is 7.55. The number of hydrogen-bond acceptors (Lipinski definition) is 6. The average molecular weight is 558 g/mol. The van der Waals surface area contributed by atoms with Gasteiger partial charge in [0, 0.05) is 71.9 Å². The fourth-order valence-electron chi connectivity index (χ4n) is 5.40. The predicted molar refractivity (Wildman–Crippen MR) is 174 cm³/mol. The van der Waals surface area contributed by atoms with Crippen molar-refractivity contribution in [3.05, 3.63) is 109 Å². The van der Waals surface area contributed by atoms with Crippen LogP contribution in [0.3, 0.4) is 0 Å². The highest BCUT2D eigenvalue weighted by Crippen LogP contribution is 2.30. The van der Waals surface area contributed by atoms with Crippen molar-refractivity contribution in [2.24, 2.45) is 5.92 Å². The molecule has 0 radical (unpaired) electrons. The predicted octanol–water partition coefficient (Wildman–Crippen LogP) is 7.45. The summed E-state index contributed by atoms with van der Waals surface area (Å²) in [5.41, 5.74) is 8.76. The molecular weight excluding hydrogens is 518 g/mol. The van der Waals surface area contributed by atoms with Crippen LogP contribution in [-0.2, 0) is 6.42 Å². The summed E-state index contributed by atoms with van der Waals surface area (Å²) < 4.78 is 0. The van der Waals surface area contributed by atoms with Crippen LogP contribution in [0.25, 0.3) is 27.9 Å². The largest absolute Gasteiger partial charge is 0.373 e. The molecule has 1 fully saturated rings. The average Bonchev–Trinajstić information content (AvgIpc) is 3.47. The Kier molecular flexibility index (Phi) is 10.4. The maximum atomic E-state index is 4.80. The molecule has 7 heteroatoms. The van der Waals surface area contributed by atoms with Gasteiger partial charge in [0.2, 0.25) is 0 Å². The highest BCUT2D eigenvalue weighted by atomic mass is 15.0. The number of H-pyrrole nitrogens is 1. The zero-order chi connectivity index (χ0) is 29.9. The second kappa shape index (κ2) is 14.6. The number of aromatic nitrogens is 5. The lowest BCUT2D eigenvalue weighted by Gasteiger charge is -2.25. The topological polar surface area (TPSA) is 91.4 Å². The Bertz CT molecular complexity index is 1600. The van der Waals surface area contributed by atoms with E-state index in [2.05, 4.69) is 69.8 Å². The molecule has 0 atom stereocenters. The SMILES string of the molecule is C#C.C=C/C(=C\C(=C/C)c1cnc(NC)c(Cc2nc3nccc(-c4cccnc4)c3[nH]2)c1)NC(=C)C1CCCCC1. The fraction of sp³-hybridized carbons (Fsp3) is 0.257. The van der Waals surface area contributed by atoms with Crippen LogP contribution < -0.4 is 10.6 Å². The van der Waals surface area contributed by atoms with Gasteiger partial charge < -0.3 is 15.6 Å². The molecule has 0 unspecified atom stereocenters. The summed E-state index contributed by atoms with van der Waals surface area (Å²) in [6.45, 7) is 10.4. The first-order chi connectivity index (χ1) is 20.6. The van der Waals surface area contributed by atoms with E-state index in [4.69, 9.17) is 9.97 Å². The van der Waals surface area contributed by atoms with Crippen molar-refractivity contribution in [1.82, 2.24) is 30.2 Å². The van der Waals surface area contributed by atoms with Crippen molar-refractivity contribution in [3.63, 3.8) is 0 Å². The van der Waals surface area contributed by atoms with Crippen LogP contribution in [0.15, 0.2) is 91.8 Å². The van der Waals surface area contributed by atoms with Gasteiger partial charge in [0.05, 0.1) is 5.52 Å². The molecule has 4 heterocycles. The lowest BCUT2D eigenvalue weighted by atomic mass is 9.87. The van der Waals surface area contributed by atoms with E-state index < -0.39 is 0 Å². The molecule has 0 aromatic carbocycles. The van der Waals surface area contributed by atoms with Gasteiger partial charge in [-0.25, -0.2) is 15.0 Å². The van der Waals surface area contributed by atoms with Crippen molar-refractivity contribution in [1.29, 1.82) is 0 Å². The molecule has 4 aromatic heterocycles. The monoisotopic (exact) mass is 557 g/mol. The summed E-state index contributed by atoms with van der Waals surface area (Å²) in [5, 5.41) is 6.76. The molecule has 1 aliphatic rings. The summed E-state index contributed by atoms with van der Waals surface area (Å²) in [4.78, 5) is 21.8. The first-order valence-electron chi connectivity index (χ1n) is 14.3. The van der Waals surface area contributed by atoms with Crippen molar-refractivity contribution < 1.29 is 0 Å². The first-order valence-corrected chi connectivity index (χ1v) is 14.3. The minimum Gasteiger partial charge on any atom is -0.373 e. The molecule has 0 amide bonds. The van der Waals surface area contributed by atoms with E-state index in [1.54, 1.807) is 12.4 Å². The first kappa shape index (κ1) is 30.0. The van der Waals surface area contributed by atoms with Gasteiger partial charge >= 0.3 is 0 Å². The zero-order valence-electron chi connectivity index (χ0n) is 24.5. The van der Waals surface area contributed by atoms with Gasteiger partial charge in [0.25, 0.3) is 0 Å². The zero-order valence-corrected chi connectivity index (χ0v) is 24.5. The molecule has 4 aromatic rings. The molecule has 0 spiro atoms. The number of terminal acetylenes is 1. The van der Waals surface area contributed by atoms with Crippen LogP contribution in [0.2, 0.25) is 0 Å². The molecule has 42 heavy (non-hydrogen) atoms. The molecule has 5 rings (SSSR count). The minimum absolute atomic E-state index is 0.520.